The summed E-state index contributed by atoms with van der Waals surface area (Å²) in [6.45, 7) is -0.590. The van der Waals surface area contributed by atoms with E-state index in [1.165, 1.54) is 0 Å². The lowest BCUT2D eigenvalue weighted by Gasteiger charge is -2.21. The van der Waals surface area contributed by atoms with Gasteiger partial charge in [0.1, 0.15) is 4.90 Å². The van der Waals surface area contributed by atoms with Crippen molar-refractivity contribution in [1.29, 1.82) is 0 Å². The van der Waals surface area contributed by atoms with E-state index in [1.54, 1.807) is 0 Å². The van der Waals surface area contributed by atoms with E-state index < -0.39 is 43.6 Å². The van der Waals surface area contributed by atoms with Crippen LogP contribution >= 0.6 is 0 Å². The summed E-state index contributed by atoms with van der Waals surface area (Å²) in [7, 11) is -4.25. The number of non-ortho nitro benzene ring substituents is 1. The molecule has 1 saturated carbocycles. The van der Waals surface area contributed by atoms with Crippen LogP contribution in [0.2, 0.25) is 0 Å². The zero-order valence-corrected chi connectivity index (χ0v) is 11.7. The number of anilines is 1. The van der Waals surface area contributed by atoms with Gasteiger partial charge in [-0.3, -0.25) is 10.1 Å². The van der Waals surface area contributed by atoms with Gasteiger partial charge in [-0.05, 0) is 12.8 Å². The highest BCUT2D eigenvalue weighted by Crippen LogP contribution is 2.35. The topological polar surface area (TPSA) is 127 Å². The molecular formula is C11H14FN3O5S. The fourth-order valence-corrected chi connectivity index (χ4v) is 3.88. The molecule has 0 saturated heterocycles. The lowest BCUT2D eigenvalue weighted by atomic mass is 10.3. The number of nitro benzene ring substituents is 1. The number of sulfonamides is 1. The minimum absolute atomic E-state index is 0.178. The quantitative estimate of drug-likeness (QED) is 0.445. The highest BCUT2D eigenvalue weighted by molar-refractivity contribution is 7.89. The normalized spacial score (nSPS) is 15.4. The Labute approximate surface area is 120 Å². The second kappa shape index (κ2) is 5.54. The van der Waals surface area contributed by atoms with Crippen LogP contribution in [0.15, 0.2) is 17.0 Å². The molecule has 0 radical (unpaired) electrons. The van der Waals surface area contributed by atoms with Gasteiger partial charge >= 0.3 is 0 Å². The minimum atomic E-state index is -4.25. The first kappa shape index (κ1) is 15.6. The fraction of sp³-hybridized carbons (Fsp3) is 0.455. The Kier molecular flexibility index (Phi) is 4.12. The van der Waals surface area contributed by atoms with E-state index in [-0.39, 0.29) is 12.6 Å². The summed E-state index contributed by atoms with van der Waals surface area (Å²) >= 11 is 0. The van der Waals surface area contributed by atoms with Crippen LogP contribution in [0.4, 0.5) is 15.8 Å². The summed E-state index contributed by atoms with van der Waals surface area (Å²) in [5.74, 6) is -1.27. The summed E-state index contributed by atoms with van der Waals surface area (Å²) < 4.78 is 39.9. The molecule has 0 spiro atoms. The number of hydrogen-bond acceptors (Lipinski definition) is 6. The number of nitrogens with zero attached hydrogens (tertiary/aromatic N) is 2. The fourth-order valence-electron chi connectivity index (χ4n) is 2.05. The van der Waals surface area contributed by atoms with Gasteiger partial charge in [-0.25, -0.2) is 12.8 Å². The molecule has 10 heteroatoms. The molecule has 116 valence electrons. The van der Waals surface area contributed by atoms with E-state index in [9.17, 15) is 22.9 Å². The average Bonchev–Trinajstić information content (AvgIpc) is 3.18. The first-order valence-corrected chi connectivity index (χ1v) is 7.59. The van der Waals surface area contributed by atoms with Crippen LogP contribution in [0.5, 0.6) is 0 Å². The van der Waals surface area contributed by atoms with Gasteiger partial charge in [0.2, 0.25) is 10.0 Å². The van der Waals surface area contributed by atoms with E-state index >= 15 is 0 Å². The molecule has 0 bridgehead atoms. The van der Waals surface area contributed by atoms with Crippen LogP contribution in [0.1, 0.15) is 12.8 Å². The molecule has 21 heavy (non-hydrogen) atoms. The van der Waals surface area contributed by atoms with Crippen molar-refractivity contribution >= 4 is 21.4 Å². The Morgan fingerprint density at radius 3 is 2.52 bits per heavy atom. The van der Waals surface area contributed by atoms with Crippen molar-refractivity contribution in [3.05, 3.63) is 28.1 Å². The Morgan fingerprint density at radius 1 is 1.48 bits per heavy atom. The summed E-state index contributed by atoms with van der Waals surface area (Å²) in [5, 5.41) is 19.6. The standard InChI is InChI=1S/C11H14FN3O5S/c12-9-5-8(15(17)18)6-10(13)11(9)21(19,20)14(3-4-16)7-1-2-7/h5-7,16H,1-4,13H2. The van der Waals surface area contributed by atoms with Crippen molar-refractivity contribution < 1.29 is 22.8 Å². The molecule has 8 nitrogen and oxygen atoms in total. The lowest BCUT2D eigenvalue weighted by molar-refractivity contribution is -0.385. The molecule has 0 amide bonds. The van der Waals surface area contributed by atoms with Gasteiger partial charge < -0.3 is 10.8 Å². The van der Waals surface area contributed by atoms with E-state index in [1.807, 2.05) is 0 Å². The molecular weight excluding hydrogens is 305 g/mol. The first-order valence-electron chi connectivity index (χ1n) is 6.15. The first-order chi connectivity index (χ1) is 9.78. The number of aliphatic hydroxyl groups is 1. The van der Waals surface area contributed by atoms with Gasteiger partial charge in [-0.1, -0.05) is 0 Å². The highest BCUT2D eigenvalue weighted by Gasteiger charge is 2.40. The van der Waals surface area contributed by atoms with Crippen LogP contribution in [0, 0.1) is 15.9 Å². The van der Waals surface area contributed by atoms with Crippen molar-refractivity contribution in [2.24, 2.45) is 0 Å². The third kappa shape index (κ3) is 2.96. The SMILES string of the molecule is Nc1cc([N+](=O)[O-])cc(F)c1S(=O)(=O)N(CCO)C1CC1. The minimum Gasteiger partial charge on any atom is -0.397 e. The van der Waals surface area contributed by atoms with Crippen molar-refractivity contribution in [2.45, 2.75) is 23.8 Å². The number of nitro groups is 1. The van der Waals surface area contributed by atoms with E-state index in [0.29, 0.717) is 18.9 Å². The largest absolute Gasteiger partial charge is 0.397 e. The Hall–Kier alpha value is -1.78. The predicted molar refractivity (Wildman–Crippen MR) is 71.5 cm³/mol. The number of rotatable bonds is 6. The lowest BCUT2D eigenvalue weighted by Crippen LogP contribution is -2.36. The number of nitrogen functional groups attached to an aromatic ring is 1. The number of benzene rings is 1. The Morgan fingerprint density at radius 2 is 2.10 bits per heavy atom. The zero-order valence-electron chi connectivity index (χ0n) is 10.9. The Bertz CT molecular complexity index is 651. The summed E-state index contributed by atoms with van der Waals surface area (Å²) in [6, 6.07) is 1.03. The highest BCUT2D eigenvalue weighted by atomic mass is 32.2. The molecule has 1 fully saturated rings. The van der Waals surface area contributed by atoms with Crippen molar-refractivity contribution in [3.8, 4) is 0 Å². The van der Waals surface area contributed by atoms with Crippen LogP contribution < -0.4 is 5.73 Å². The van der Waals surface area contributed by atoms with Gasteiger partial charge in [0.25, 0.3) is 5.69 Å². The van der Waals surface area contributed by atoms with E-state index in [4.69, 9.17) is 10.8 Å². The molecule has 2 rings (SSSR count). The number of halogens is 1. The van der Waals surface area contributed by atoms with Crippen LogP contribution in [-0.2, 0) is 10.0 Å². The smallest absolute Gasteiger partial charge is 0.274 e. The number of hydrogen-bond donors (Lipinski definition) is 2. The second-order valence-electron chi connectivity index (χ2n) is 4.67. The van der Waals surface area contributed by atoms with Crippen molar-refractivity contribution in [1.82, 2.24) is 4.31 Å². The second-order valence-corrected chi connectivity index (χ2v) is 6.50. The van der Waals surface area contributed by atoms with Crippen LogP contribution in [-0.4, -0.2) is 41.9 Å². The molecule has 0 aromatic heterocycles. The van der Waals surface area contributed by atoms with E-state index in [2.05, 4.69) is 0 Å². The average molecular weight is 319 g/mol. The molecule has 1 aliphatic rings. The summed E-state index contributed by atoms with van der Waals surface area (Å²) in [6.07, 6.45) is 1.24. The molecule has 3 N–H and O–H groups in total. The van der Waals surface area contributed by atoms with Gasteiger partial charge in [-0.2, -0.15) is 4.31 Å². The third-order valence-electron chi connectivity index (χ3n) is 3.11. The van der Waals surface area contributed by atoms with Crippen LogP contribution in [0.3, 0.4) is 0 Å². The van der Waals surface area contributed by atoms with Gasteiger partial charge in [0.05, 0.1) is 23.3 Å². The number of aliphatic hydroxyl groups excluding tert-OH is 1. The maximum Gasteiger partial charge on any atom is 0.274 e. The molecule has 0 aliphatic heterocycles. The van der Waals surface area contributed by atoms with Gasteiger partial charge in [0.15, 0.2) is 5.82 Å². The predicted octanol–water partition coefficient (Wildman–Crippen LogP) is 0.461. The van der Waals surface area contributed by atoms with Crippen molar-refractivity contribution in [2.75, 3.05) is 18.9 Å². The Balaban J connectivity index is 2.51. The molecule has 1 aromatic carbocycles. The maximum atomic E-state index is 14.0. The molecule has 0 atom stereocenters. The monoisotopic (exact) mass is 319 g/mol. The number of nitrogens with two attached hydrogens (primary N) is 1. The van der Waals surface area contributed by atoms with Crippen molar-refractivity contribution in [3.63, 3.8) is 0 Å². The van der Waals surface area contributed by atoms with Gasteiger partial charge in [-0.15, -0.1) is 0 Å². The summed E-state index contributed by atoms with van der Waals surface area (Å²) in [4.78, 5) is 8.97. The zero-order chi connectivity index (χ0) is 15.8. The van der Waals surface area contributed by atoms with Crippen LogP contribution in [0.25, 0.3) is 0 Å². The maximum absolute atomic E-state index is 14.0. The summed E-state index contributed by atoms with van der Waals surface area (Å²) in [5.41, 5.74) is 4.34. The molecule has 1 aromatic rings. The molecule has 1 aliphatic carbocycles. The third-order valence-corrected chi connectivity index (χ3v) is 5.15. The molecule has 0 heterocycles. The van der Waals surface area contributed by atoms with E-state index in [0.717, 1.165) is 10.4 Å². The molecule has 0 unspecified atom stereocenters. The van der Waals surface area contributed by atoms with Gasteiger partial charge in [0, 0.05) is 18.7 Å².